The van der Waals surface area contributed by atoms with Crippen molar-refractivity contribution in [3.8, 4) is 0 Å². The molecule has 0 aromatic carbocycles. The van der Waals surface area contributed by atoms with E-state index < -0.39 is 0 Å². The minimum Gasteiger partial charge on any atom is -0.0848 e. The first-order valence-electron chi connectivity index (χ1n) is 10.4. The fourth-order valence-electron chi connectivity index (χ4n) is 9.25. The van der Waals surface area contributed by atoms with Gasteiger partial charge in [0.1, 0.15) is 0 Å². The van der Waals surface area contributed by atoms with Crippen LogP contribution in [0.4, 0.5) is 0 Å². The van der Waals surface area contributed by atoms with Gasteiger partial charge in [0.2, 0.25) is 0 Å². The van der Waals surface area contributed by atoms with E-state index in [1.54, 1.807) is 12.8 Å². The Kier molecular flexibility index (Phi) is 2.22. The molecule has 0 amide bonds. The molecule has 0 saturated heterocycles. The van der Waals surface area contributed by atoms with Crippen LogP contribution in [0.3, 0.4) is 0 Å². The van der Waals surface area contributed by atoms with Crippen molar-refractivity contribution < 1.29 is 0 Å². The lowest BCUT2D eigenvalue weighted by molar-refractivity contribution is 0.0324. The van der Waals surface area contributed by atoms with E-state index in [-0.39, 0.29) is 0 Å². The van der Waals surface area contributed by atoms with Crippen molar-refractivity contribution in [1.29, 1.82) is 0 Å². The van der Waals surface area contributed by atoms with Gasteiger partial charge in [0.25, 0.3) is 0 Å². The Morgan fingerprint density at radius 1 is 0.391 bits per heavy atom. The molecule has 12 atom stereocenters. The summed E-state index contributed by atoms with van der Waals surface area (Å²) in [7, 11) is 0. The average molecular weight is 304 g/mol. The summed E-state index contributed by atoms with van der Waals surface area (Å²) in [4.78, 5) is 0. The van der Waals surface area contributed by atoms with Gasteiger partial charge >= 0.3 is 0 Å². The van der Waals surface area contributed by atoms with Gasteiger partial charge in [-0.25, -0.2) is 0 Å². The summed E-state index contributed by atoms with van der Waals surface area (Å²) in [6.45, 7) is 0. The third-order valence-corrected chi connectivity index (χ3v) is 9.68. The van der Waals surface area contributed by atoms with Crippen LogP contribution in [0.1, 0.15) is 32.1 Å². The molecule has 4 fully saturated rings. The predicted molar refractivity (Wildman–Crippen MR) is 92.4 cm³/mol. The second-order valence-electron chi connectivity index (χ2n) is 10.1. The van der Waals surface area contributed by atoms with Gasteiger partial charge in [0, 0.05) is 0 Å². The molecule has 0 radical (unpaired) electrons. The molecule has 23 heavy (non-hydrogen) atoms. The van der Waals surface area contributed by atoms with Gasteiger partial charge in [-0.05, 0) is 103 Å². The summed E-state index contributed by atoms with van der Waals surface area (Å²) in [5, 5.41) is 0. The van der Waals surface area contributed by atoms with Gasteiger partial charge < -0.3 is 0 Å². The Morgan fingerprint density at radius 3 is 1.22 bits per heavy atom. The van der Waals surface area contributed by atoms with Crippen LogP contribution in [0.25, 0.3) is 0 Å². The molecule has 0 spiro atoms. The maximum absolute atomic E-state index is 2.65. The second kappa shape index (κ2) is 4.06. The Hall–Kier alpha value is -0.780. The van der Waals surface area contributed by atoms with Crippen LogP contribution in [0.2, 0.25) is 0 Å². The van der Waals surface area contributed by atoms with Gasteiger partial charge in [-0.1, -0.05) is 36.5 Å². The SMILES string of the molecule is C1=CC2CC1C1CCC3C4C=CC(C4)C3C3C4C=CC(C4)C3C21. The molecule has 7 aliphatic rings. The normalized spacial score (nSPS) is 65.7. The number of allylic oxidation sites excluding steroid dienone is 6. The van der Waals surface area contributed by atoms with Crippen LogP contribution in [0.15, 0.2) is 36.5 Å². The molecule has 12 unspecified atom stereocenters. The zero-order valence-corrected chi connectivity index (χ0v) is 13.9. The Morgan fingerprint density at radius 2 is 0.739 bits per heavy atom. The predicted octanol–water partition coefficient (Wildman–Crippen LogP) is 5.10. The molecule has 0 heterocycles. The van der Waals surface area contributed by atoms with Crippen molar-refractivity contribution in [3.63, 3.8) is 0 Å². The van der Waals surface area contributed by atoms with E-state index >= 15 is 0 Å². The molecule has 4 saturated carbocycles. The Labute approximate surface area is 140 Å². The molecule has 120 valence electrons. The lowest BCUT2D eigenvalue weighted by atomic mass is 9.56. The van der Waals surface area contributed by atoms with Crippen LogP contribution >= 0.6 is 0 Å². The third-order valence-electron chi connectivity index (χ3n) is 9.68. The zero-order valence-electron chi connectivity index (χ0n) is 13.9. The van der Waals surface area contributed by atoms with Crippen molar-refractivity contribution in [2.24, 2.45) is 71.0 Å². The highest BCUT2D eigenvalue weighted by Gasteiger charge is 2.62. The fraction of sp³-hybridized carbons (Fsp3) is 0.739. The third kappa shape index (κ3) is 1.39. The first-order valence-corrected chi connectivity index (χ1v) is 10.4. The van der Waals surface area contributed by atoms with Gasteiger partial charge in [0.05, 0.1) is 0 Å². The number of rotatable bonds is 0. The molecule has 0 nitrogen and oxygen atoms in total. The molecule has 0 aliphatic heterocycles. The average Bonchev–Trinajstić information content (AvgIpc) is 3.36. The monoisotopic (exact) mass is 304 g/mol. The van der Waals surface area contributed by atoms with Gasteiger partial charge in [-0.2, -0.15) is 0 Å². The molecule has 0 aromatic rings. The summed E-state index contributed by atoms with van der Waals surface area (Å²) < 4.78 is 0. The Bertz CT molecular complexity index is 584. The van der Waals surface area contributed by atoms with E-state index in [1.165, 1.54) is 19.3 Å². The van der Waals surface area contributed by atoms with E-state index in [0.717, 1.165) is 71.0 Å². The highest BCUT2D eigenvalue weighted by atomic mass is 14.7. The van der Waals surface area contributed by atoms with Crippen LogP contribution in [-0.4, -0.2) is 0 Å². The van der Waals surface area contributed by atoms with Crippen molar-refractivity contribution in [1.82, 2.24) is 0 Å². The fourth-order valence-corrected chi connectivity index (χ4v) is 9.25. The minimum atomic E-state index is 0.951. The molecule has 7 aliphatic carbocycles. The Balaban J connectivity index is 1.38. The van der Waals surface area contributed by atoms with Crippen LogP contribution < -0.4 is 0 Å². The van der Waals surface area contributed by atoms with E-state index in [0.29, 0.717) is 0 Å². The number of hydrogen-bond acceptors (Lipinski definition) is 0. The smallest absolute Gasteiger partial charge is 0.0193 e. The number of hydrogen-bond donors (Lipinski definition) is 0. The van der Waals surface area contributed by atoms with Gasteiger partial charge in [-0.3, -0.25) is 0 Å². The van der Waals surface area contributed by atoms with E-state index in [9.17, 15) is 0 Å². The molecule has 6 bridgehead atoms. The second-order valence-corrected chi connectivity index (χ2v) is 10.1. The first kappa shape index (κ1) is 12.6. The van der Waals surface area contributed by atoms with Crippen molar-refractivity contribution in [3.05, 3.63) is 36.5 Å². The van der Waals surface area contributed by atoms with Gasteiger partial charge in [-0.15, -0.1) is 0 Å². The standard InChI is InChI=1S/C23H28/c1-3-14-9-12(1)18-7-8-19-13-2-4-15(10-13)21(19)23-17-6-5-16(11-17)22(23)20(14)18/h1-6,12-23H,7-11H2. The lowest BCUT2D eigenvalue weighted by Gasteiger charge is -2.48. The summed E-state index contributed by atoms with van der Waals surface area (Å²) in [5.74, 6) is 12.0. The maximum Gasteiger partial charge on any atom is -0.0193 e. The molecular formula is C23H28. The van der Waals surface area contributed by atoms with Crippen molar-refractivity contribution in [2.45, 2.75) is 32.1 Å². The maximum atomic E-state index is 2.65. The summed E-state index contributed by atoms with van der Waals surface area (Å²) in [6, 6.07) is 0. The van der Waals surface area contributed by atoms with Crippen LogP contribution in [0.5, 0.6) is 0 Å². The minimum absolute atomic E-state index is 0.951. The highest BCUT2D eigenvalue weighted by Crippen LogP contribution is 2.68. The molecule has 0 aromatic heterocycles. The zero-order chi connectivity index (χ0) is 14.7. The van der Waals surface area contributed by atoms with E-state index in [2.05, 4.69) is 36.5 Å². The van der Waals surface area contributed by atoms with Crippen LogP contribution in [-0.2, 0) is 0 Å². The molecule has 7 rings (SSSR count). The topological polar surface area (TPSA) is 0 Å². The van der Waals surface area contributed by atoms with Crippen LogP contribution in [0, 0.1) is 71.0 Å². The van der Waals surface area contributed by atoms with E-state index in [1.807, 2.05) is 0 Å². The summed E-state index contributed by atoms with van der Waals surface area (Å²) in [6.07, 6.45) is 23.5. The van der Waals surface area contributed by atoms with Crippen molar-refractivity contribution in [2.75, 3.05) is 0 Å². The first-order chi connectivity index (χ1) is 11.4. The quantitative estimate of drug-likeness (QED) is 0.546. The summed E-state index contributed by atoms with van der Waals surface area (Å²) >= 11 is 0. The highest BCUT2D eigenvalue weighted by molar-refractivity contribution is 5.25. The lowest BCUT2D eigenvalue weighted by Crippen LogP contribution is -2.43. The summed E-state index contributed by atoms with van der Waals surface area (Å²) in [5.41, 5.74) is 0. The largest absolute Gasteiger partial charge is 0.0848 e. The molecule has 0 N–H and O–H groups in total. The number of fused-ring (bicyclic) bond motifs is 17. The van der Waals surface area contributed by atoms with Crippen molar-refractivity contribution >= 4 is 0 Å². The van der Waals surface area contributed by atoms with E-state index in [4.69, 9.17) is 0 Å². The van der Waals surface area contributed by atoms with Gasteiger partial charge in [0.15, 0.2) is 0 Å². The molecular weight excluding hydrogens is 276 g/mol. The molecule has 0 heteroatoms.